The Kier molecular flexibility index (Phi) is 3.38. The molecule has 0 saturated carbocycles. The third kappa shape index (κ3) is 2.50. The quantitative estimate of drug-likeness (QED) is 0.679. The molecule has 2 nitrogen and oxygen atoms in total. The smallest absolute Gasteiger partial charge is 0.134 e. The third-order valence-electron chi connectivity index (χ3n) is 3.29. The van der Waals surface area contributed by atoms with Gasteiger partial charge in [0.05, 0.1) is 11.0 Å². The Labute approximate surface area is 119 Å². The zero-order valence-corrected chi connectivity index (χ0v) is 11.9. The predicted octanol–water partition coefficient (Wildman–Crippen LogP) is 4.51. The van der Waals surface area contributed by atoms with E-state index < -0.39 is 0 Å². The minimum Gasteiger partial charge on any atom is -0.320 e. The van der Waals surface area contributed by atoms with E-state index in [2.05, 4.69) is 67.0 Å². The lowest BCUT2D eigenvalue weighted by molar-refractivity contribution is 0.812. The van der Waals surface area contributed by atoms with Gasteiger partial charge in [0.2, 0.25) is 0 Å². The van der Waals surface area contributed by atoms with Crippen LogP contribution in [-0.2, 0) is 6.54 Å². The third-order valence-corrected chi connectivity index (χ3v) is 3.29. The fourth-order valence-corrected chi connectivity index (χ4v) is 2.39. The monoisotopic (exact) mass is 262 g/mol. The van der Waals surface area contributed by atoms with Crippen LogP contribution >= 0.6 is 0 Å². The molecule has 0 fully saturated rings. The highest BCUT2D eigenvalue weighted by atomic mass is 15.1. The maximum atomic E-state index is 4.74. The van der Waals surface area contributed by atoms with E-state index in [1.165, 1.54) is 16.7 Å². The van der Waals surface area contributed by atoms with Crippen LogP contribution in [0.4, 0.5) is 0 Å². The van der Waals surface area contributed by atoms with Crippen molar-refractivity contribution in [2.24, 2.45) is 0 Å². The molecule has 2 heteroatoms. The fraction of sp³-hybridized carbons (Fsp3) is 0.167. The van der Waals surface area contributed by atoms with E-state index in [0.717, 1.165) is 17.9 Å². The van der Waals surface area contributed by atoms with Gasteiger partial charge in [0.25, 0.3) is 0 Å². The van der Waals surface area contributed by atoms with Crippen LogP contribution in [0, 0.1) is 0 Å². The molecular weight excluding hydrogens is 244 g/mol. The Hall–Kier alpha value is -2.35. The molecule has 0 aliphatic carbocycles. The van der Waals surface area contributed by atoms with Crippen LogP contribution < -0.4 is 0 Å². The lowest BCUT2D eigenvalue weighted by Gasteiger charge is -2.07. The van der Waals surface area contributed by atoms with Crippen molar-refractivity contribution in [3.05, 3.63) is 71.6 Å². The second-order valence-electron chi connectivity index (χ2n) is 5.25. The molecule has 100 valence electrons. The van der Waals surface area contributed by atoms with Crippen molar-refractivity contribution in [2.75, 3.05) is 0 Å². The number of fused-ring (bicyclic) bond motifs is 1. The van der Waals surface area contributed by atoms with Crippen molar-refractivity contribution in [3.63, 3.8) is 0 Å². The summed E-state index contributed by atoms with van der Waals surface area (Å²) in [6.45, 7) is 5.05. The van der Waals surface area contributed by atoms with Gasteiger partial charge in [0, 0.05) is 6.54 Å². The van der Waals surface area contributed by atoms with E-state index in [0.29, 0.717) is 0 Å². The van der Waals surface area contributed by atoms with Gasteiger partial charge in [-0.15, -0.1) is 0 Å². The molecule has 0 radical (unpaired) electrons. The van der Waals surface area contributed by atoms with Crippen LogP contribution in [0.1, 0.15) is 25.2 Å². The van der Waals surface area contributed by atoms with E-state index in [-0.39, 0.29) is 0 Å². The van der Waals surface area contributed by atoms with Gasteiger partial charge < -0.3 is 4.57 Å². The van der Waals surface area contributed by atoms with Gasteiger partial charge in [-0.2, -0.15) is 0 Å². The summed E-state index contributed by atoms with van der Waals surface area (Å²) < 4.78 is 2.28. The van der Waals surface area contributed by atoms with Gasteiger partial charge in [-0.1, -0.05) is 48.0 Å². The van der Waals surface area contributed by atoms with Crippen molar-refractivity contribution < 1.29 is 0 Å². The number of para-hydroxylation sites is 2. The zero-order chi connectivity index (χ0) is 13.9. The Bertz CT molecular complexity index is 747. The Morgan fingerprint density at radius 1 is 1.00 bits per heavy atom. The molecular formula is C18H18N2. The highest BCUT2D eigenvalue weighted by Crippen LogP contribution is 2.19. The topological polar surface area (TPSA) is 17.8 Å². The van der Waals surface area contributed by atoms with Crippen molar-refractivity contribution in [1.82, 2.24) is 9.55 Å². The number of benzene rings is 2. The van der Waals surface area contributed by atoms with Crippen LogP contribution in [0.2, 0.25) is 0 Å². The highest BCUT2D eigenvalue weighted by Gasteiger charge is 2.08. The number of aromatic nitrogens is 2. The summed E-state index contributed by atoms with van der Waals surface area (Å²) in [5.41, 5.74) is 4.79. The molecule has 3 rings (SSSR count). The molecule has 3 aromatic rings. The molecule has 0 unspecified atom stereocenters. The average Bonchev–Trinajstić information content (AvgIpc) is 2.77. The van der Waals surface area contributed by atoms with E-state index in [9.17, 15) is 0 Å². The molecule has 0 bridgehead atoms. The number of hydrogen-bond acceptors (Lipinski definition) is 1. The highest BCUT2D eigenvalue weighted by molar-refractivity contribution is 5.78. The van der Waals surface area contributed by atoms with Crippen LogP contribution in [0.5, 0.6) is 0 Å². The first kappa shape index (κ1) is 12.7. The molecule has 1 heterocycles. The molecule has 0 saturated heterocycles. The van der Waals surface area contributed by atoms with Crippen LogP contribution in [-0.4, -0.2) is 9.55 Å². The van der Waals surface area contributed by atoms with Crippen LogP contribution in [0.15, 0.2) is 60.2 Å². The maximum Gasteiger partial charge on any atom is 0.134 e. The standard InChI is InChI=1S/C18H18N2/c1-14(2)12-18-19-16-10-6-7-11-17(16)20(18)13-15-8-4-3-5-9-15/h3-12H,13H2,1-2H3. The summed E-state index contributed by atoms with van der Waals surface area (Å²) in [5.74, 6) is 1.02. The summed E-state index contributed by atoms with van der Waals surface area (Å²) in [6, 6.07) is 18.8. The Balaban J connectivity index is 2.14. The van der Waals surface area contributed by atoms with Gasteiger partial charge >= 0.3 is 0 Å². The first-order valence-corrected chi connectivity index (χ1v) is 6.88. The van der Waals surface area contributed by atoms with E-state index >= 15 is 0 Å². The van der Waals surface area contributed by atoms with E-state index in [1.807, 2.05) is 12.1 Å². The number of rotatable bonds is 3. The molecule has 2 aromatic carbocycles. The number of hydrogen-bond donors (Lipinski definition) is 0. The van der Waals surface area contributed by atoms with Crippen LogP contribution in [0.25, 0.3) is 17.1 Å². The minimum atomic E-state index is 0.848. The summed E-state index contributed by atoms with van der Waals surface area (Å²) in [6.07, 6.45) is 2.14. The summed E-state index contributed by atoms with van der Waals surface area (Å²) in [7, 11) is 0. The predicted molar refractivity (Wildman–Crippen MR) is 84.6 cm³/mol. The van der Waals surface area contributed by atoms with Crippen molar-refractivity contribution in [1.29, 1.82) is 0 Å². The summed E-state index contributed by atoms with van der Waals surface area (Å²) >= 11 is 0. The molecule has 20 heavy (non-hydrogen) atoms. The van der Waals surface area contributed by atoms with Crippen molar-refractivity contribution >= 4 is 17.1 Å². The number of nitrogens with zero attached hydrogens (tertiary/aromatic N) is 2. The molecule has 0 aliphatic heterocycles. The Morgan fingerprint density at radius 3 is 2.45 bits per heavy atom. The van der Waals surface area contributed by atoms with Crippen molar-refractivity contribution in [3.8, 4) is 0 Å². The maximum absolute atomic E-state index is 4.74. The molecule has 0 aliphatic rings. The zero-order valence-electron chi connectivity index (χ0n) is 11.9. The lowest BCUT2D eigenvalue weighted by Crippen LogP contribution is -2.02. The molecule has 1 aromatic heterocycles. The molecule has 0 atom stereocenters. The second kappa shape index (κ2) is 5.33. The van der Waals surface area contributed by atoms with Gasteiger partial charge in [0.1, 0.15) is 5.82 Å². The normalized spacial score (nSPS) is 10.7. The largest absolute Gasteiger partial charge is 0.320 e. The van der Waals surface area contributed by atoms with Gasteiger partial charge in [-0.25, -0.2) is 4.98 Å². The average molecular weight is 262 g/mol. The number of allylic oxidation sites excluding steroid dienone is 1. The first-order chi connectivity index (χ1) is 9.74. The summed E-state index contributed by atoms with van der Waals surface area (Å²) in [4.78, 5) is 4.74. The van der Waals surface area contributed by atoms with Crippen molar-refractivity contribution in [2.45, 2.75) is 20.4 Å². The lowest BCUT2D eigenvalue weighted by atomic mass is 10.2. The minimum absolute atomic E-state index is 0.848. The SMILES string of the molecule is CC(C)=Cc1nc2ccccc2n1Cc1ccccc1. The first-order valence-electron chi connectivity index (χ1n) is 6.88. The summed E-state index contributed by atoms with van der Waals surface area (Å²) in [5, 5.41) is 0. The molecule has 0 spiro atoms. The van der Waals surface area contributed by atoms with Gasteiger partial charge in [-0.3, -0.25) is 0 Å². The van der Waals surface area contributed by atoms with Gasteiger partial charge in [0.15, 0.2) is 0 Å². The van der Waals surface area contributed by atoms with E-state index in [1.54, 1.807) is 0 Å². The van der Waals surface area contributed by atoms with E-state index in [4.69, 9.17) is 4.98 Å². The van der Waals surface area contributed by atoms with Gasteiger partial charge in [-0.05, 0) is 37.6 Å². The fourth-order valence-electron chi connectivity index (χ4n) is 2.39. The van der Waals surface area contributed by atoms with Crippen LogP contribution in [0.3, 0.4) is 0 Å². The number of imidazole rings is 1. The molecule has 0 amide bonds. The second-order valence-corrected chi connectivity index (χ2v) is 5.25. The Morgan fingerprint density at radius 2 is 1.70 bits per heavy atom. The molecule has 0 N–H and O–H groups in total.